The largest absolute Gasteiger partial charge is 0.384 e. The molecule has 1 saturated heterocycles. The number of benzene rings is 1. The Labute approximate surface area is 127 Å². The average molecular weight is 308 g/mol. The van der Waals surface area contributed by atoms with Crippen molar-refractivity contribution in [3.05, 3.63) is 23.8 Å². The van der Waals surface area contributed by atoms with Crippen molar-refractivity contribution < 1.29 is 8.42 Å². The number of piperidine rings is 1. The Balaban J connectivity index is 1.82. The first kappa shape index (κ1) is 14.9. The summed E-state index contributed by atoms with van der Waals surface area (Å²) >= 11 is 0. The number of sulfonamides is 1. The average Bonchev–Trinajstić information content (AvgIpc) is 2.95. The summed E-state index contributed by atoms with van der Waals surface area (Å²) < 4.78 is 27.2. The van der Waals surface area contributed by atoms with Crippen LogP contribution in [0.3, 0.4) is 0 Å². The first-order valence-corrected chi connectivity index (χ1v) is 9.26. The van der Waals surface area contributed by atoms with Gasteiger partial charge in [0, 0.05) is 25.3 Å². The molecule has 0 unspecified atom stereocenters. The highest BCUT2D eigenvalue weighted by molar-refractivity contribution is 7.89. The van der Waals surface area contributed by atoms with Crippen molar-refractivity contribution in [3.8, 4) is 0 Å². The molecule has 0 spiro atoms. The van der Waals surface area contributed by atoms with Crippen LogP contribution in [-0.4, -0.2) is 32.4 Å². The van der Waals surface area contributed by atoms with Crippen molar-refractivity contribution in [2.24, 2.45) is 5.41 Å². The van der Waals surface area contributed by atoms with Crippen LogP contribution in [0.15, 0.2) is 23.1 Å². The van der Waals surface area contributed by atoms with E-state index in [2.05, 4.69) is 19.2 Å². The number of fused-ring (bicyclic) bond motifs is 1. The molecule has 116 valence electrons. The molecule has 0 radical (unpaired) electrons. The second kappa shape index (κ2) is 5.29. The van der Waals surface area contributed by atoms with Crippen molar-refractivity contribution in [2.75, 3.05) is 25.0 Å². The molecule has 1 aromatic rings. The van der Waals surface area contributed by atoms with E-state index < -0.39 is 10.0 Å². The van der Waals surface area contributed by atoms with Crippen molar-refractivity contribution in [1.82, 2.24) is 4.31 Å². The van der Waals surface area contributed by atoms with Crippen LogP contribution < -0.4 is 5.32 Å². The molecule has 2 heterocycles. The summed E-state index contributed by atoms with van der Waals surface area (Å²) in [6.45, 7) is 6.62. The van der Waals surface area contributed by atoms with E-state index in [0.29, 0.717) is 23.4 Å². The highest BCUT2D eigenvalue weighted by atomic mass is 32.2. The van der Waals surface area contributed by atoms with Gasteiger partial charge in [-0.25, -0.2) is 8.42 Å². The lowest BCUT2D eigenvalue weighted by atomic mass is 9.79. The molecule has 0 aliphatic carbocycles. The fourth-order valence-electron chi connectivity index (χ4n) is 3.20. The van der Waals surface area contributed by atoms with Gasteiger partial charge in [0.1, 0.15) is 0 Å². The van der Waals surface area contributed by atoms with Crippen LogP contribution >= 0.6 is 0 Å². The summed E-state index contributed by atoms with van der Waals surface area (Å²) in [7, 11) is -3.35. The molecule has 0 amide bonds. The summed E-state index contributed by atoms with van der Waals surface area (Å²) in [5.41, 5.74) is 2.49. The standard InChI is InChI=1S/C16H24N2O2S/c1-3-16(2)7-10-18(11-8-16)21(19,20)14-5-4-13-6-9-17-15(13)12-14/h4-5,12,17H,3,6-11H2,1-2H3. The number of nitrogens with zero attached hydrogens (tertiary/aromatic N) is 1. The SMILES string of the molecule is CCC1(C)CCN(S(=O)(=O)c2ccc3c(c2)NCC3)CC1. The molecular weight excluding hydrogens is 284 g/mol. The number of nitrogens with one attached hydrogen (secondary N) is 1. The van der Waals surface area contributed by atoms with Crippen molar-refractivity contribution >= 4 is 15.7 Å². The topological polar surface area (TPSA) is 49.4 Å². The molecule has 21 heavy (non-hydrogen) atoms. The molecule has 3 rings (SSSR count). The van der Waals surface area contributed by atoms with Crippen LogP contribution in [-0.2, 0) is 16.4 Å². The lowest BCUT2D eigenvalue weighted by molar-refractivity contribution is 0.169. The van der Waals surface area contributed by atoms with Crippen LogP contribution in [0.4, 0.5) is 5.69 Å². The minimum absolute atomic E-state index is 0.297. The fourth-order valence-corrected chi connectivity index (χ4v) is 4.67. The Bertz CT molecular complexity index is 632. The molecule has 0 bridgehead atoms. The highest BCUT2D eigenvalue weighted by Crippen LogP contribution is 2.36. The fraction of sp³-hybridized carbons (Fsp3) is 0.625. The number of hydrogen-bond donors (Lipinski definition) is 1. The minimum Gasteiger partial charge on any atom is -0.384 e. The monoisotopic (exact) mass is 308 g/mol. The van der Waals surface area contributed by atoms with Crippen LogP contribution in [0.25, 0.3) is 0 Å². The molecule has 2 aliphatic rings. The Morgan fingerprint density at radius 2 is 2.00 bits per heavy atom. The van der Waals surface area contributed by atoms with E-state index in [1.165, 1.54) is 5.56 Å². The van der Waals surface area contributed by atoms with E-state index in [1.54, 1.807) is 16.4 Å². The summed E-state index contributed by atoms with van der Waals surface area (Å²) in [6, 6.07) is 5.50. The molecule has 1 fully saturated rings. The van der Waals surface area contributed by atoms with E-state index in [4.69, 9.17) is 0 Å². The number of rotatable bonds is 3. The van der Waals surface area contributed by atoms with Crippen molar-refractivity contribution in [3.63, 3.8) is 0 Å². The smallest absolute Gasteiger partial charge is 0.243 e. The molecule has 0 saturated carbocycles. The number of hydrogen-bond acceptors (Lipinski definition) is 3. The van der Waals surface area contributed by atoms with E-state index in [-0.39, 0.29) is 0 Å². The minimum atomic E-state index is -3.35. The van der Waals surface area contributed by atoms with Gasteiger partial charge in [0.2, 0.25) is 10.0 Å². The zero-order valence-electron chi connectivity index (χ0n) is 12.9. The Hall–Kier alpha value is -1.07. The maximum atomic E-state index is 12.8. The summed E-state index contributed by atoms with van der Waals surface area (Å²) in [5, 5.41) is 3.25. The Morgan fingerprint density at radius 3 is 2.67 bits per heavy atom. The number of anilines is 1. The predicted molar refractivity (Wildman–Crippen MR) is 85.0 cm³/mol. The van der Waals surface area contributed by atoms with Crippen LogP contribution in [0, 0.1) is 5.41 Å². The first-order chi connectivity index (χ1) is 9.94. The molecule has 4 nitrogen and oxygen atoms in total. The first-order valence-electron chi connectivity index (χ1n) is 7.82. The van der Waals surface area contributed by atoms with Gasteiger partial charge in [-0.1, -0.05) is 26.3 Å². The molecule has 1 aromatic carbocycles. The quantitative estimate of drug-likeness (QED) is 0.934. The molecule has 1 N–H and O–H groups in total. The Kier molecular flexibility index (Phi) is 3.74. The van der Waals surface area contributed by atoms with Crippen LogP contribution in [0.1, 0.15) is 38.7 Å². The van der Waals surface area contributed by atoms with Gasteiger partial charge >= 0.3 is 0 Å². The van der Waals surface area contributed by atoms with Gasteiger partial charge in [0.05, 0.1) is 4.90 Å². The third-order valence-corrected chi connectivity index (χ3v) is 7.11. The predicted octanol–water partition coefficient (Wildman–Crippen LogP) is 2.86. The van der Waals surface area contributed by atoms with Crippen LogP contribution in [0.2, 0.25) is 0 Å². The third kappa shape index (κ3) is 2.69. The molecule has 2 aliphatic heterocycles. The van der Waals surface area contributed by atoms with Crippen molar-refractivity contribution in [1.29, 1.82) is 0 Å². The van der Waals surface area contributed by atoms with Gasteiger partial charge in [0.15, 0.2) is 0 Å². The third-order valence-electron chi connectivity index (χ3n) is 5.21. The second-order valence-corrected chi connectivity index (χ2v) is 8.50. The zero-order chi connectivity index (χ0) is 15.1. The van der Waals surface area contributed by atoms with E-state index in [1.807, 2.05) is 6.07 Å². The van der Waals surface area contributed by atoms with Gasteiger partial charge in [-0.3, -0.25) is 0 Å². The van der Waals surface area contributed by atoms with Gasteiger partial charge in [-0.2, -0.15) is 4.31 Å². The molecular formula is C16H24N2O2S. The molecule has 0 atom stereocenters. The maximum Gasteiger partial charge on any atom is 0.243 e. The Morgan fingerprint density at radius 1 is 1.29 bits per heavy atom. The van der Waals surface area contributed by atoms with Gasteiger partial charge in [-0.05, 0) is 42.4 Å². The maximum absolute atomic E-state index is 12.8. The molecule has 5 heteroatoms. The summed E-state index contributed by atoms with van der Waals surface area (Å²) in [6.07, 6.45) is 4.00. The van der Waals surface area contributed by atoms with Crippen LogP contribution in [0.5, 0.6) is 0 Å². The van der Waals surface area contributed by atoms with E-state index >= 15 is 0 Å². The van der Waals surface area contributed by atoms with Gasteiger partial charge in [-0.15, -0.1) is 0 Å². The van der Waals surface area contributed by atoms with Crippen molar-refractivity contribution in [2.45, 2.75) is 44.4 Å². The van der Waals surface area contributed by atoms with E-state index in [0.717, 1.165) is 37.9 Å². The highest BCUT2D eigenvalue weighted by Gasteiger charge is 2.34. The lowest BCUT2D eigenvalue weighted by Crippen LogP contribution is -2.41. The van der Waals surface area contributed by atoms with Gasteiger partial charge < -0.3 is 5.32 Å². The summed E-state index contributed by atoms with van der Waals surface area (Å²) in [4.78, 5) is 0.427. The zero-order valence-corrected chi connectivity index (χ0v) is 13.7. The molecule has 0 aromatic heterocycles. The summed E-state index contributed by atoms with van der Waals surface area (Å²) in [5.74, 6) is 0. The van der Waals surface area contributed by atoms with Gasteiger partial charge in [0.25, 0.3) is 0 Å². The lowest BCUT2D eigenvalue weighted by Gasteiger charge is -2.38. The second-order valence-electron chi connectivity index (χ2n) is 6.56. The van der Waals surface area contributed by atoms with E-state index in [9.17, 15) is 8.42 Å². The normalized spacial score (nSPS) is 21.8.